The Balaban J connectivity index is 1.77. The van der Waals surface area contributed by atoms with Crippen LogP contribution in [-0.2, 0) is 11.3 Å². The van der Waals surface area contributed by atoms with E-state index in [1.54, 1.807) is 4.90 Å². The standard InChI is InChI=1S/C18H24ClF2N3O/c1-22-8-7-18(6-5-15(22)25)12-24(10-9-23(18)2)11-13-3-4-14(20)16(19)17(13)21/h3-4H,5-12H2,1-2H3/t18-/m0/s1. The molecule has 2 heterocycles. The van der Waals surface area contributed by atoms with Gasteiger partial charge in [-0.2, -0.15) is 0 Å². The maximum Gasteiger partial charge on any atom is 0.222 e. The second-order valence-corrected chi connectivity index (χ2v) is 7.63. The maximum atomic E-state index is 14.2. The first kappa shape index (κ1) is 18.5. The number of carbonyl (C=O) groups is 1. The van der Waals surface area contributed by atoms with Crippen molar-refractivity contribution in [2.75, 3.05) is 40.3 Å². The Hall–Kier alpha value is -1.24. The Morgan fingerprint density at radius 3 is 2.68 bits per heavy atom. The molecule has 1 atom stereocenters. The first-order valence-corrected chi connectivity index (χ1v) is 9.00. The molecule has 1 spiro atoms. The third-order valence-corrected chi connectivity index (χ3v) is 6.08. The molecule has 138 valence electrons. The summed E-state index contributed by atoms with van der Waals surface area (Å²) in [6, 6.07) is 2.68. The third kappa shape index (κ3) is 3.66. The lowest BCUT2D eigenvalue weighted by molar-refractivity contribution is -0.129. The lowest BCUT2D eigenvalue weighted by Crippen LogP contribution is -2.60. The third-order valence-electron chi connectivity index (χ3n) is 5.73. The summed E-state index contributed by atoms with van der Waals surface area (Å²) in [6.07, 6.45) is 2.23. The Morgan fingerprint density at radius 1 is 1.16 bits per heavy atom. The molecule has 0 aliphatic carbocycles. The van der Waals surface area contributed by atoms with Gasteiger partial charge in [0.05, 0.1) is 0 Å². The number of rotatable bonds is 2. The Labute approximate surface area is 152 Å². The normalized spacial score (nSPS) is 26.3. The summed E-state index contributed by atoms with van der Waals surface area (Å²) in [4.78, 5) is 18.3. The SMILES string of the molecule is CN1CC[C@@]2(CCC1=O)CN(Cc1ccc(F)c(Cl)c1F)CCN2C. The molecule has 2 fully saturated rings. The fourth-order valence-electron chi connectivity index (χ4n) is 3.90. The summed E-state index contributed by atoms with van der Waals surface area (Å²) in [6.45, 7) is 3.54. The van der Waals surface area contributed by atoms with Crippen LogP contribution in [0, 0.1) is 11.6 Å². The van der Waals surface area contributed by atoms with Crippen molar-refractivity contribution in [2.45, 2.75) is 31.3 Å². The predicted molar refractivity (Wildman–Crippen MR) is 93.5 cm³/mol. The van der Waals surface area contributed by atoms with E-state index in [-0.39, 0.29) is 11.4 Å². The number of halogens is 3. The number of hydrogen-bond acceptors (Lipinski definition) is 3. The number of amides is 1. The van der Waals surface area contributed by atoms with Gasteiger partial charge in [-0.25, -0.2) is 8.78 Å². The van der Waals surface area contributed by atoms with Crippen molar-refractivity contribution >= 4 is 17.5 Å². The van der Waals surface area contributed by atoms with Crippen molar-refractivity contribution in [3.63, 3.8) is 0 Å². The van der Waals surface area contributed by atoms with Gasteiger partial charge in [0.25, 0.3) is 0 Å². The van der Waals surface area contributed by atoms with Crippen LogP contribution in [0.3, 0.4) is 0 Å². The van der Waals surface area contributed by atoms with Crippen molar-refractivity contribution in [1.29, 1.82) is 0 Å². The molecule has 0 saturated carbocycles. The summed E-state index contributed by atoms with van der Waals surface area (Å²) in [5.41, 5.74) is 0.326. The molecule has 7 heteroatoms. The van der Waals surface area contributed by atoms with Gasteiger partial charge in [0.1, 0.15) is 16.7 Å². The monoisotopic (exact) mass is 371 g/mol. The van der Waals surface area contributed by atoms with Crippen molar-refractivity contribution in [3.8, 4) is 0 Å². The Kier molecular flexibility index (Phi) is 5.32. The largest absolute Gasteiger partial charge is 0.346 e. The molecule has 25 heavy (non-hydrogen) atoms. The first-order valence-electron chi connectivity index (χ1n) is 8.62. The molecule has 0 radical (unpaired) electrons. The van der Waals surface area contributed by atoms with Gasteiger partial charge in [-0.05, 0) is 26.0 Å². The van der Waals surface area contributed by atoms with E-state index in [4.69, 9.17) is 11.6 Å². The topological polar surface area (TPSA) is 26.8 Å². The van der Waals surface area contributed by atoms with Gasteiger partial charge < -0.3 is 4.90 Å². The Bertz CT molecular complexity index is 672. The van der Waals surface area contributed by atoms with Crippen LogP contribution in [-0.4, -0.2) is 66.4 Å². The highest BCUT2D eigenvalue weighted by atomic mass is 35.5. The van der Waals surface area contributed by atoms with Crippen LogP contribution in [0.1, 0.15) is 24.8 Å². The molecule has 0 unspecified atom stereocenters. The van der Waals surface area contributed by atoms with E-state index >= 15 is 0 Å². The molecular formula is C18H24ClF2N3O. The van der Waals surface area contributed by atoms with Crippen LogP contribution < -0.4 is 0 Å². The number of benzene rings is 1. The molecular weight excluding hydrogens is 348 g/mol. The number of carbonyl (C=O) groups excluding carboxylic acids is 1. The highest BCUT2D eigenvalue weighted by Crippen LogP contribution is 2.33. The summed E-state index contributed by atoms with van der Waals surface area (Å²) in [5.74, 6) is -1.23. The van der Waals surface area contributed by atoms with E-state index in [0.29, 0.717) is 18.5 Å². The summed E-state index contributed by atoms with van der Waals surface area (Å²) in [5, 5.41) is -0.442. The molecule has 3 rings (SSSR count). The van der Waals surface area contributed by atoms with E-state index in [2.05, 4.69) is 16.8 Å². The van der Waals surface area contributed by atoms with Crippen molar-refractivity contribution < 1.29 is 13.6 Å². The van der Waals surface area contributed by atoms with E-state index in [1.807, 2.05) is 7.05 Å². The minimum atomic E-state index is -0.733. The molecule has 4 nitrogen and oxygen atoms in total. The van der Waals surface area contributed by atoms with Gasteiger partial charge in [-0.15, -0.1) is 0 Å². The number of hydrogen-bond donors (Lipinski definition) is 0. The van der Waals surface area contributed by atoms with Gasteiger partial charge in [-0.1, -0.05) is 17.7 Å². The first-order chi connectivity index (χ1) is 11.8. The predicted octanol–water partition coefficient (Wildman–Crippen LogP) is 2.75. The Morgan fingerprint density at radius 2 is 1.92 bits per heavy atom. The summed E-state index contributed by atoms with van der Waals surface area (Å²) < 4.78 is 27.6. The van der Waals surface area contributed by atoms with Crippen LogP contribution in [0.25, 0.3) is 0 Å². The molecule has 1 amide bonds. The zero-order valence-corrected chi connectivity index (χ0v) is 15.5. The van der Waals surface area contributed by atoms with Gasteiger partial charge >= 0.3 is 0 Å². The van der Waals surface area contributed by atoms with Crippen molar-refractivity contribution in [3.05, 3.63) is 34.4 Å². The highest BCUT2D eigenvalue weighted by molar-refractivity contribution is 6.30. The van der Waals surface area contributed by atoms with Gasteiger partial charge in [0.15, 0.2) is 0 Å². The van der Waals surface area contributed by atoms with Gasteiger partial charge in [0, 0.05) is 57.3 Å². The van der Waals surface area contributed by atoms with Crippen LogP contribution in [0.4, 0.5) is 8.78 Å². The average Bonchev–Trinajstić information content (AvgIpc) is 2.73. The molecule has 2 aliphatic heterocycles. The van der Waals surface area contributed by atoms with Gasteiger partial charge in [-0.3, -0.25) is 14.6 Å². The molecule has 1 aromatic rings. The van der Waals surface area contributed by atoms with Crippen LogP contribution in [0.5, 0.6) is 0 Å². The average molecular weight is 372 g/mol. The number of likely N-dealkylation sites (N-methyl/N-ethyl adjacent to an activating group) is 1. The summed E-state index contributed by atoms with van der Waals surface area (Å²) in [7, 11) is 3.94. The molecule has 0 bridgehead atoms. The quantitative estimate of drug-likeness (QED) is 0.748. The molecule has 0 N–H and O–H groups in total. The van der Waals surface area contributed by atoms with Crippen LogP contribution in [0.15, 0.2) is 12.1 Å². The molecule has 2 aliphatic rings. The van der Waals surface area contributed by atoms with E-state index in [9.17, 15) is 13.6 Å². The lowest BCUT2D eigenvalue weighted by Gasteiger charge is -2.49. The number of nitrogens with zero attached hydrogens (tertiary/aromatic N) is 3. The fourth-order valence-corrected chi connectivity index (χ4v) is 4.09. The smallest absolute Gasteiger partial charge is 0.222 e. The van der Waals surface area contributed by atoms with Crippen molar-refractivity contribution in [2.24, 2.45) is 0 Å². The van der Waals surface area contributed by atoms with Crippen molar-refractivity contribution in [1.82, 2.24) is 14.7 Å². The highest BCUT2D eigenvalue weighted by Gasteiger charge is 2.41. The van der Waals surface area contributed by atoms with E-state index in [1.165, 1.54) is 12.1 Å². The van der Waals surface area contributed by atoms with E-state index < -0.39 is 16.7 Å². The fraction of sp³-hybridized carbons (Fsp3) is 0.611. The molecule has 2 saturated heterocycles. The minimum absolute atomic E-state index is 0.0844. The lowest BCUT2D eigenvalue weighted by atomic mass is 9.86. The minimum Gasteiger partial charge on any atom is -0.346 e. The summed E-state index contributed by atoms with van der Waals surface area (Å²) >= 11 is 5.70. The number of piperazine rings is 1. The van der Waals surface area contributed by atoms with E-state index in [0.717, 1.165) is 39.0 Å². The zero-order valence-electron chi connectivity index (χ0n) is 14.7. The van der Waals surface area contributed by atoms with Crippen LogP contribution in [0.2, 0.25) is 5.02 Å². The molecule has 0 aromatic heterocycles. The van der Waals surface area contributed by atoms with Crippen LogP contribution >= 0.6 is 11.6 Å². The second-order valence-electron chi connectivity index (χ2n) is 7.26. The zero-order chi connectivity index (χ0) is 18.2. The maximum absolute atomic E-state index is 14.2. The number of likely N-dealkylation sites (tertiary alicyclic amines) is 1. The molecule has 1 aromatic carbocycles. The van der Waals surface area contributed by atoms with Gasteiger partial charge in [0.2, 0.25) is 5.91 Å². The second kappa shape index (κ2) is 7.17.